The van der Waals surface area contributed by atoms with Crippen molar-refractivity contribution in [3.05, 3.63) is 17.0 Å². The molecule has 1 heterocycles. The van der Waals surface area contributed by atoms with Crippen molar-refractivity contribution < 1.29 is 0 Å². The molecule has 0 aromatic carbocycles. The summed E-state index contributed by atoms with van der Waals surface area (Å²) in [5.41, 5.74) is 0. The summed E-state index contributed by atoms with van der Waals surface area (Å²) in [6.45, 7) is 0. The summed E-state index contributed by atoms with van der Waals surface area (Å²) in [6.07, 6.45) is 0. The molecule has 0 unspecified atom stereocenters. The predicted octanol–water partition coefficient (Wildman–Crippen LogP) is 1.04. The molecular formula is C6H5ClN4. The van der Waals surface area contributed by atoms with Crippen LogP contribution in [-0.4, -0.2) is 17.0 Å². The molecule has 1 aromatic heterocycles. The minimum Gasteiger partial charge on any atom is -0.373 e. The molecule has 0 amide bonds. The van der Waals surface area contributed by atoms with Crippen LogP contribution in [0, 0.1) is 11.3 Å². The Kier molecular flexibility index (Phi) is 2.24. The summed E-state index contributed by atoms with van der Waals surface area (Å²) in [6, 6.07) is 3.34. The number of rotatable bonds is 1. The maximum atomic E-state index is 8.42. The normalized spacial score (nSPS) is 8.82. The second-order valence-electron chi connectivity index (χ2n) is 1.76. The van der Waals surface area contributed by atoms with E-state index in [1.165, 1.54) is 0 Å². The van der Waals surface area contributed by atoms with Gasteiger partial charge in [0.25, 0.3) is 0 Å². The van der Waals surface area contributed by atoms with Crippen LogP contribution in [0.15, 0.2) is 6.07 Å². The van der Waals surface area contributed by atoms with Gasteiger partial charge in [0, 0.05) is 13.1 Å². The molecule has 0 atom stereocenters. The molecule has 1 N–H and O–H groups in total. The maximum Gasteiger partial charge on any atom is 0.235 e. The first-order chi connectivity index (χ1) is 5.26. The lowest BCUT2D eigenvalue weighted by atomic mass is 10.5. The Hall–Kier alpha value is -1.34. The van der Waals surface area contributed by atoms with Crippen LogP contribution < -0.4 is 5.32 Å². The predicted molar refractivity (Wildman–Crippen MR) is 41.3 cm³/mol. The Morgan fingerprint density at radius 2 is 2.36 bits per heavy atom. The molecule has 56 valence electrons. The lowest BCUT2D eigenvalue weighted by Gasteiger charge is -1.97. The van der Waals surface area contributed by atoms with Gasteiger partial charge in [0.2, 0.25) is 5.82 Å². The topological polar surface area (TPSA) is 61.6 Å². The van der Waals surface area contributed by atoms with E-state index in [9.17, 15) is 0 Å². The number of hydrogen-bond donors (Lipinski definition) is 1. The van der Waals surface area contributed by atoms with Gasteiger partial charge in [-0.1, -0.05) is 11.6 Å². The van der Waals surface area contributed by atoms with E-state index in [0.29, 0.717) is 5.82 Å². The fraction of sp³-hybridized carbons (Fsp3) is 0.167. The Morgan fingerprint density at radius 3 is 2.91 bits per heavy atom. The van der Waals surface area contributed by atoms with Gasteiger partial charge in [-0.15, -0.1) is 0 Å². The Bertz CT molecular complexity index is 304. The van der Waals surface area contributed by atoms with E-state index in [-0.39, 0.29) is 11.0 Å². The van der Waals surface area contributed by atoms with Gasteiger partial charge in [0.15, 0.2) is 0 Å². The maximum absolute atomic E-state index is 8.42. The Morgan fingerprint density at radius 1 is 1.64 bits per heavy atom. The SMILES string of the molecule is CNc1cc(Cl)nc(C#N)n1. The quantitative estimate of drug-likeness (QED) is 0.637. The van der Waals surface area contributed by atoms with Crippen molar-refractivity contribution in [2.45, 2.75) is 0 Å². The summed E-state index contributed by atoms with van der Waals surface area (Å²) in [5, 5.41) is 11.4. The number of nitriles is 1. The van der Waals surface area contributed by atoms with Crippen LogP contribution in [-0.2, 0) is 0 Å². The van der Waals surface area contributed by atoms with Crippen molar-refractivity contribution in [1.29, 1.82) is 5.26 Å². The van der Waals surface area contributed by atoms with Crippen LogP contribution in [0.25, 0.3) is 0 Å². The summed E-state index contributed by atoms with van der Waals surface area (Å²) in [5.74, 6) is 0.614. The number of nitrogens with zero attached hydrogens (tertiary/aromatic N) is 3. The van der Waals surface area contributed by atoms with Crippen molar-refractivity contribution in [3.8, 4) is 6.07 Å². The number of nitrogens with one attached hydrogen (secondary N) is 1. The van der Waals surface area contributed by atoms with Gasteiger partial charge in [-0.2, -0.15) is 5.26 Å². The Balaban J connectivity index is 3.15. The fourth-order valence-electron chi connectivity index (χ4n) is 0.596. The van der Waals surface area contributed by atoms with Crippen molar-refractivity contribution in [2.24, 2.45) is 0 Å². The summed E-state index contributed by atoms with van der Waals surface area (Å²) in [7, 11) is 1.69. The van der Waals surface area contributed by atoms with E-state index >= 15 is 0 Å². The van der Waals surface area contributed by atoms with Crippen molar-refractivity contribution >= 4 is 17.4 Å². The first-order valence-electron chi connectivity index (χ1n) is 2.88. The molecule has 0 aliphatic rings. The van der Waals surface area contributed by atoms with E-state index in [4.69, 9.17) is 16.9 Å². The molecule has 1 aromatic rings. The first kappa shape index (κ1) is 7.76. The molecule has 11 heavy (non-hydrogen) atoms. The highest BCUT2D eigenvalue weighted by atomic mass is 35.5. The number of aromatic nitrogens is 2. The lowest BCUT2D eigenvalue weighted by molar-refractivity contribution is 1.11. The third-order valence-corrected chi connectivity index (χ3v) is 1.24. The van der Waals surface area contributed by atoms with Gasteiger partial charge >= 0.3 is 0 Å². The van der Waals surface area contributed by atoms with Gasteiger partial charge in [0.05, 0.1) is 0 Å². The van der Waals surface area contributed by atoms with Crippen LogP contribution >= 0.6 is 11.6 Å². The highest BCUT2D eigenvalue weighted by molar-refractivity contribution is 6.29. The summed E-state index contributed by atoms with van der Waals surface area (Å²) >= 11 is 5.57. The highest BCUT2D eigenvalue weighted by Crippen LogP contribution is 2.09. The molecular weight excluding hydrogens is 164 g/mol. The standard InChI is InChI=1S/C6H5ClN4/c1-9-5-2-4(7)10-6(3-8)11-5/h2H,1H3,(H,9,10,11). The molecule has 5 heteroatoms. The summed E-state index contributed by atoms with van der Waals surface area (Å²) in [4.78, 5) is 7.46. The molecule has 0 aliphatic carbocycles. The van der Waals surface area contributed by atoms with E-state index in [2.05, 4.69) is 15.3 Å². The molecule has 0 spiro atoms. The smallest absolute Gasteiger partial charge is 0.235 e. The molecule has 4 nitrogen and oxygen atoms in total. The van der Waals surface area contributed by atoms with E-state index in [1.54, 1.807) is 19.2 Å². The summed E-state index contributed by atoms with van der Waals surface area (Å²) < 4.78 is 0. The number of anilines is 1. The lowest BCUT2D eigenvalue weighted by Crippen LogP contribution is -1.96. The number of halogens is 1. The van der Waals surface area contributed by atoms with Gasteiger partial charge < -0.3 is 5.32 Å². The Labute approximate surface area is 68.8 Å². The minimum absolute atomic E-state index is 0.0712. The third kappa shape index (κ3) is 1.79. The van der Waals surface area contributed by atoms with Crippen LogP contribution in [0.4, 0.5) is 5.82 Å². The second-order valence-corrected chi connectivity index (χ2v) is 2.15. The first-order valence-corrected chi connectivity index (χ1v) is 3.26. The number of hydrogen-bond acceptors (Lipinski definition) is 4. The monoisotopic (exact) mass is 168 g/mol. The van der Waals surface area contributed by atoms with Crippen molar-refractivity contribution in [2.75, 3.05) is 12.4 Å². The molecule has 0 aliphatic heterocycles. The highest BCUT2D eigenvalue weighted by Gasteiger charge is 1.99. The average Bonchev–Trinajstić information content (AvgIpc) is 2.03. The molecule has 0 fully saturated rings. The van der Waals surface area contributed by atoms with Gasteiger partial charge in [-0.25, -0.2) is 9.97 Å². The zero-order valence-corrected chi connectivity index (χ0v) is 6.55. The molecule has 0 saturated heterocycles. The molecule has 0 bridgehead atoms. The van der Waals surface area contributed by atoms with Crippen LogP contribution in [0.3, 0.4) is 0 Å². The van der Waals surface area contributed by atoms with Gasteiger partial charge in [0.1, 0.15) is 17.0 Å². The van der Waals surface area contributed by atoms with Crippen molar-refractivity contribution in [3.63, 3.8) is 0 Å². The molecule has 1 rings (SSSR count). The van der Waals surface area contributed by atoms with E-state index in [0.717, 1.165) is 0 Å². The van der Waals surface area contributed by atoms with Gasteiger partial charge in [-0.05, 0) is 0 Å². The van der Waals surface area contributed by atoms with Crippen molar-refractivity contribution in [1.82, 2.24) is 9.97 Å². The molecule has 0 radical (unpaired) electrons. The minimum atomic E-state index is 0.0712. The fourth-order valence-corrected chi connectivity index (χ4v) is 0.779. The third-order valence-electron chi connectivity index (χ3n) is 1.05. The van der Waals surface area contributed by atoms with Crippen LogP contribution in [0.1, 0.15) is 5.82 Å². The van der Waals surface area contributed by atoms with E-state index < -0.39 is 0 Å². The molecule has 0 saturated carbocycles. The zero-order chi connectivity index (χ0) is 8.27. The van der Waals surface area contributed by atoms with Crippen LogP contribution in [0.2, 0.25) is 5.15 Å². The largest absolute Gasteiger partial charge is 0.373 e. The zero-order valence-electron chi connectivity index (χ0n) is 5.80. The van der Waals surface area contributed by atoms with Gasteiger partial charge in [-0.3, -0.25) is 0 Å². The second kappa shape index (κ2) is 3.17. The van der Waals surface area contributed by atoms with Crippen LogP contribution in [0.5, 0.6) is 0 Å². The average molecular weight is 169 g/mol. The van der Waals surface area contributed by atoms with E-state index in [1.807, 2.05) is 0 Å².